The van der Waals surface area contributed by atoms with Gasteiger partial charge in [-0.15, -0.1) is 0 Å². The molecule has 0 saturated heterocycles. The molecule has 0 aliphatic heterocycles. The molecule has 0 aromatic carbocycles. The van der Waals surface area contributed by atoms with E-state index in [9.17, 15) is 0 Å². The average Bonchev–Trinajstić information content (AvgIpc) is 2.37. The molecule has 110 valence electrons. The summed E-state index contributed by atoms with van der Waals surface area (Å²) in [7, 11) is 1.78. The summed E-state index contributed by atoms with van der Waals surface area (Å²) >= 11 is 0. The number of hydrogen-bond donors (Lipinski definition) is 1. The zero-order valence-corrected chi connectivity index (χ0v) is 13.3. The second-order valence-electron chi connectivity index (χ2n) is 5.91. The molecule has 0 radical (unpaired) electrons. The Morgan fingerprint density at radius 3 is 2.28 bits per heavy atom. The molecule has 0 rings (SSSR count). The number of ether oxygens (including phenoxy) is 1. The van der Waals surface area contributed by atoms with Crippen LogP contribution in [0.4, 0.5) is 0 Å². The molecule has 0 aliphatic rings. The van der Waals surface area contributed by atoms with Gasteiger partial charge in [0.15, 0.2) is 0 Å². The second kappa shape index (κ2) is 8.89. The van der Waals surface area contributed by atoms with Crippen LogP contribution >= 0.6 is 0 Å². The van der Waals surface area contributed by atoms with Gasteiger partial charge >= 0.3 is 0 Å². The molecule has 0 aliphatic carbocycles. The lowest BCUT2D eigenvalue weighted by Gasteiger charge is -2.39. The van der Waals surface area contributed by atoms with Crippen LogP contribution in [-0.2, 0) is 4.74 Å². The van der Waals surface area contributed by atoms with E-state index in [4.69, 9.17) is 10.5 Å². The molecular formula is C15H34N2O. The lowest BCUT2D eigenvalue weighted by Crippen LogP contribution is -2.49. The van der Waals surface area contributed by atoms with Gasteiger partial charge in [0.2, 0.25) is 0 Å². The first-order valence-electron chi connectivity index (χ1n) is 7.42. The largest absolute Gasteiger partial charge is 0.379 e. The molecule has 2 N–H and O–H groups in total. The van der Waals surface area contributed by atoms with Crippen molar-refractivity contribution in [3.05, 3.63) is 0 Å². The summed E-state index contributed by atoms with van der Waals surface area (Å²) < 4.78 is 5.56. The maximum Gasteiger partial charge on any atom is 0.0638 e. The summed E-state index contributed by atoms with van der Waals surface area (Å²) in [5.41, 5.74) is 5.91. The summed E-state index contributed by atoms with van der Waals surface area (Å²) in [6.45, 7) is 12.9. The third kappa shape index (κ3) is 6.17. The molecule has 0 amide bonds. The van der Waals surface area contributed by atoms with E-state index in [1.807, 2.05) is 0 Å². The Labute approximate surface area is 114 Å². The van der Waals surface area contributed by atoms with Gasteiger partial charge in [-0.25, -0.2) is 0 Å². The van der Waals surface area contributed by atoms with E-state index >= 15 is 0 Å². The number of unbranched alkanes of at least 4 members (excludes halogenated alkanes) is 1. The Kier molecular flexibility index (Phi) is 8.83. The van der Waals surface area contributed by atoms with Gasteiger partial charge < -0.3 is 10.5 Å². The molecule has 18 heavy (non-hydrogen) atoms. The zero-order chi connectivity index (χ0) is 14.2. The van der Waals surface area contributed by atoms with Crippen LogP contribution in [0.1, 0.15) is 60.3 Å². The molecule has 0 saturated carbocycles. The Morgan fingerprint density at radius 2 is 1.89 bits per heavy atom. The predicted molar refractivity (Wildman–Crippen MR) is 79.9 cm³/mol. The number of rotatable bonds is 10. The van der Waals surface area contributed by atoms with Crippen molar-refractivity contribution in [2.45, 2.75) is 78.0 Å². The lowest BCUT2D eigenvalue weighted by atomic mass is 9.96. The van der Waals surface area contributed by atoms with Crippen molar-refractivity contribution < 1.29 is 4.74 Å². The number of hydrogen-bond acceptors (Lipinski definition) is 3. The Balaban J connectivity index is 4.68. The molecule has 0 spiro atoms. The van der Waals surface area contributed by atoms with Crippen LogP contribution in [0.25, 0.3) is 0 Å². The molecule has 0 bridgehead atoms. The van der Waals surface area contributed by atoms with Crippen LogP contribution in [0.2, 0.25) is 0 Å². The fraction of sp³-hybridized carbons (Fsp3) is 1.00. The maximum absolute atomic E-state index is 6.00. The number of nitrogens with two attached hydrogens (primary N) is 1. The van der Waals surface area contributed by atoms with Crippen LogP contribution in [0.5, 0.6) is 0 Å². The van der Waals surface area contributed by atoms with Crippen LogP contribution < -0.4 is 5.73 Å². The zero-order valence-electron chi connectivity index (χ0n) is 13.3. The summed E-state index contributed by atoms with van der Waals surface area (Å²) in [5, 5.41) is 0. The van der Waals surface area contributed by atoms with E-state index in [2.05, 4.69) is 39.5 Å². The van der Waals surface area contributed by atoms with E-state index in [-0.39, 0.29) is 5.60 Å². The topological polar surface area (TPSA) is 38.5 Å². The molecule has 2 atom stereocenters. The Morgan fingerprint density at radius 1 is 1.28 bits per heavy atom. The smallest absolute Gasteiger partial charge is 0.0638 e. The van der Waals surface area contributed by atoms with Crippen molar-refractivity contribution in [1.82, 2.24) is 4.90 Å². The Hall–Kier alpha value is -0.120. The van der Waals surface area contributed by atoms with Crippen LogP contribution in [0, 0.1) is 0 Å². The van der Waals surface area contributed by atoms with Gasteiger partial charge in [-0.3, -0.25) is 4.90 Å². The van der Waals surface area contributed by atoms with Crippen molar-refractivity contribution in [3.8, 4) is 0 Å². The van der Waals surface area contributed by atoms with Crippen molar-refractivity contribution in [2.75, 3.05) is 20.2 Å². The number of nitrogens with zero attached hydrogens (tertiary/aromatic N) is 1. The quantitative estimate of drug-likeness (QED) is 0.654. The van der Waals surface area contributed by atoms with Gasteiger partial charge in [0, 0.05) is 25.7 Å². The average molecular weight is 258 g/mol. The highest BCUT2D eigenvalue weighted by Crippen LogP contribution is 2.21. The monoisotopic (exact) mass is 258 g/mol. The molecule has 0 fully saturated rings. The van der Waals surface area contributed by atoms with Crippen LogP contribution in [0.15, 0.2) is 0 Å². The Bertz CT molecular complexity index is 207. The second-order valence-corrected chi connectivity index (χ2v) is 5.91. The summed E-state index contributed by atoms with van der Waals surface area (Å²) in [4.78, 5) is 2.57. The van der Waals surface area contributed by atoms with E-state index in [1.54, 1.807) is 7.11 Å². The summed E-state index contributed by atoms with van der Waals surface area (Å²) in [6.07, 6.45) is 4.65. The standard InChI is InChI=1S/C15H34N2O/c1-7-9-10-17(13(3)8-2)14(12-16)11-15(4,5)18-6/h13-14H,7-12,16H2,1-6H3. The molecular weight excluding hydrogens is 224 g/mol. The highest BCUT2D eigenvalue weighted by atomic mass is 16.5. The van der Waals surface area contributed by atoms with Gasteiger partial charge in [-0.05, 0) is 46.6 Å². The van der Waals surface area contributed by atoms with Crippen molar-refractivity contribution in [1.29, 1.82) is 0 Å². The molecule has 0 aromatic heterocycles. The normalized spacial score (nSPS) is 16.0. The fourth-order valence-corrected chi connectivity index (χ4v) is 2.32. The highest BCUT2D eigenvalue weighted by Gasteiger charge is 2.28. The molecule has 0 aromatic rings. The van der Waals surface area contributed by atoms with Crippen LogP contribution in [-0.4, -0.2) is 42.8 Å². The van der Waals surface area contributed by atoms with E-state index in [0.29, 0.717) is 18.6 Å². The van der Waals surface area contributed by atoms with Gasteiger partial charge in [-0.1, -0.05) is 20.3 Å². The van der Waals surface area contributed by atoms with Crippen molar-refractivity contribution in [2.24, 2.45) is 5.73 Å². The first-order valence-corrected chi connectivity index (χ1v) is 7.42. The summed E-state index contributed by atoms with van der Waals surface area (Å²) in [6, 6.07) is 1.01. The maximum atomic E-state index is 6.00. The van der Waals surface area contributed by atoms with Crippen molar-refractivity contribution >= 4 is 0 Å². The minimum atomic E-state index is -0.0953. The highest BCUT2D eigenvalue weighted by molar-refractivity contribution is 4.83. The van der Waals surface area contributed by atoms with Gasteiger partial charge in [0.05, 0.1) is 5.60 Å². The van der Waals surface area contributed by atoms with Crippen LogP contribution in [0.3, 0.4) is 0 Å². The SMILES string of the molecule is CCCCN(C(C)CC)C(CN)CC(C)(C)OC. The predicted octanol–water partition coefficient (Wildman–Crippen LogP) is 3.03. The first kappa shape index (κ1) is 17.9. The fourth-order valence-electron chi connectivity index (χ4n) is 2.32. The molecule has 3 nitrogen and oxygen atoms in total. The molecule has 3 heteroatoms. The third-order valence-electron chi connectivity index (χ3n) is 3.95. The van der Waals surface area contributed by atoms with Gasteiger partial charge in [0.25, 0.3) is 0 Å². The summed E-state index contributed by atoms with van der Waals surface area (Å²) in [5.74, 6) is 0. The minimum Gasteiger partial charge on any atom is -0.379 e. The van der Waals surface area contributed by atoms with E-state index < -0.39 is 0 Å². The third-order valence-corrected chi connectivity index (χ3v) is 3.95. The number of methoxy groups -OCH3 is 1. The van der Waals surface area contributed by atoms with Gasteiger partial charge in [0.1, 0.15) is 0 Å². The van der Waals surface area contributed by atoms with E-state index in [0.717, 1.165) is 13.0 Å². The molecule has 2 unspecified atom stereocenters. The van der Waals surface area contributed by atoms with Gasteiger partial charge in [-0.2, -0.15) is 0 Å². The van der Waals surface area contributed by atoms with Crippen molar-refractivity contribution in [3.63, 3.8) is 0 Å². The molecule has 0 heterocycles. The lowest BCUT2D eigenvalue weighted by molar-refractivity contribution is -0.0136. The first-order chi connectivity index (χ1) is 8.41. The minimum absolute atomic E-state index is 0.0953. The van der Waals surface area contributed by atoms with E-state index in [1.165, 1.54) is 19.3 Å².